The van der Waals surface area contributed by atoms with Gasteiger partial charge in [-0.1, -0.05) is 51.9 Å². The average molecular weight is 291 g/mol. The van der Waals surface area contributed by atoms with Crippen molar-refractivity contribution in [3.8, 4) is 0 Å². The summed E-state index contributed by atoms with van der Waals surface area (Å²) in [4.78, 5) is 12.0. The molecule has 0 saturated heterocycles. The fourth-order valence-corrected chi connectivity index (χ4v) is 2.90. The number of anilines is 1. The van der Waals surface area contributed by atoms with Gasteiger partial charge in [-0.2, -0.15) is 5.10 Å². The van der Waals surface area contributed by atoms with Crippen LogP contribution in [0.1, 0.15) is 70.4 Å². The topological polar surface area (TPSA) is 46.9 Å². The second-order valence-electron chi connectivity index (χ2n) is 6.07. The molecule has 0 saturated carbocycles. The Morgan fingerprint density at radius 2 is 1.86 bits per heavy atom. The molecule has 1 aromatic heterocycles. The van der Waals surface area contributed by atoms with Crippen LogP contribution in [-0.2, 0) is 13.0 Å². The van der Waals surface area contributed by atoms with Crippen LogP contribution in [0.15, 0.2) is 10.9 Å². The van der Waals surface area contributed by atoms with Crippen molar-refractivity contribution in [1.82, 2.24) is 9.78 Å². The molecule has 21 heavy (non-hydrogen) atoms. The van der Waals surface area contributed by atoms with Crippen LogP contribution in [0.5, 0.6) is 0 Å². The van der Waals surface area contributed by atoms with Crippen LogP contribution in [0.3, 0.4) is 0 Å². The number of hydrogen-bond acceptors (Lipinski definition) is 3. The van der Waals surface area contributed by atoms with Crippen LogP contribution in [0.4, 0.5) is 5.69 Å². The Bertz CT molecular complexity index is 481. The molecule has 2 rings (SSSR count). The van der Waals surface area contributed by atoms with Crippen molar-refractivity contribution in [2.45, 2.75) is 77.7 Å². The Hall–Kier alpha value is -1.32. The van der Waals surface area contributed by atoms with Crippen LogP contribution in [-0.4, -0.2) is 16.3 Å². The lowest BCUT2D eigenvalue weighted by Crippen LogP contribution is -2.27. The van der Waals surface area contributed by atoms with Crippen LogP contribution in [0.25, 0.3) is 0 Å². The zero-order valence-electron chi connectivity index (χ0n) is 13.4. The molecule has 1 aliphatic rings. The van der Waals surface area contributed by atoms with Gasteiger partial charge in [-0.3, -0.25) is 4.79 Å². The number of hydrogen-bond donors (Lipinski definition) is 1. The van der Waals surface area contributed by atoms with E-state index in [2.05, 4.69) is 17.3 Å². The van der Waals surface area contributed by atoms with E-state index < -0.39 is 0 Å². The number of nitrogens with one attached hydrogen (secondary N) is 1. The van der Waals surface area contributed by atoms with Gasteiger partial charge in [0, 0.05) is 19.2 Å². The first-order chi connectivity index (χ1) is 10.3. The third-order valence-corrected chi connectivity index (χ3v) is 4.20. The Morgan fingerprint density at radius 3 is 2.62 bits per heavy atom. The molecule has 0 radical (unpaired) electrons. The zero-order valence-corrected chi connectivity index (χ0v) is 13.4. The number of aromatic nitrogens is 2. The summed E-state index contributed by atoms with van der Waals surface area (Å²) in [6.45, 7) is 3.97. The maximum Gasteiger partial charge on any atom is 0.268 e. The van der Waals surface area contributed by atoms with E-state index in [1.165, 1.54) is 44.9 Å². The van der Waals surface area contributed by atoms with Gasteiger partial charge in [-0.25, -0.2) is 4.68 Å². The molecular weight excluding hydrogens is 262 g/mol. The molecule has 0 amide bonds. The van der Waals surface area contributed by atoms with Gasteiger partial charge in [0.25, 0.3) is 5.56 Å². The van der Waals surface area contributed by atoms with Gasteiger partial charge in [-0.15, -0.1) is 0 Å². The highest BCUT2D eigenvalue weighted by atomic mass is 16.1. The Morgan fingerprint density at radius 1 is 1.14 bits per heavy atom. The van der Waals surface area contributed by atoms with E-state index in [1.807, 2.05) is 0 Å². The van der Waals surface area contributed by atoms with Crippen molar-refractivity contribution in [2.75, 3.05) is 11.9 Å². The quantitative estimate of drug-likeness (QED) is 0.705. The second-order valence-corrected chi connectivity index (χ2v) is 6.07. The number of nitrogens with zero attached hydrogens (tertiary/aromatic N) is 2. The Labute approximate surface area is 127 Å². The molecule has 0 atom stereocenters. The summed E-state index contributed by atoms with van der Waals surface area (Å²) < 4.78 is 1.66. The molecular formula is C17H29N3O. The maximum atomic E-state index is 12.0. The number of rotatable bonds is 9. The molecule has 1 aromatic rings. The minimum atomic E-state index is 0.0334. The van der Waals surface area contributed by atoms with E-state index in [-0.39, 0.29) is 5.56 Å². The van der Waals surface area contributed by atoms with Gasteiger partial charge >= 0.3 is 0 Å². The first kappa shape index (κ1) is 16.1. The van der Waals surface area contributed by atoms with Gasteiger partial charge in [0.15, 0.2) is 0 Å². The SMILES string of the molecule is CCCCCCCCCCn1nc2c(cc1=O)NCCC2. The van der Waals surface area contributed by atoms with Crippen molar-refractivity contribution < 1.29 is 0 Å². The molecule has 4 nitrogen and oxygen atoms in total. The second kappa shape index (κ2) is 8.85. The molecule has 0 spiro atoms. The number of fused-ring (bicyclic) bond motifs is 1. The predicted molar refractivity (Wildman–Crippen MR) is 87.9 cm³/mol. The van der Waals surface area contributed by atoms with Gasteiger partial charge in [0.1, 0.15) is 0 Å². The number of aryl methyl sites for hydroxylation is 2. The van der Waals surface area contributed by atoms with Gasteiger partial charge in [0.2, 0.25) is 0 Å². The van der Waals surface area contributed by atoms with Crippen LogP contribution >= 0.6 is 0 Å². The van der Waals surface area contributed by atoms with E-state index >= 15 is 0 Å². The average Bonchev–Trinajstić information content (AvgIpc) is 2.50. The lowest BCUT2D eigenvalue weighted by Gasteiger charge is -2.17. The molecule has 0 fully saturated rings. The van der Waals surface area contributed by atoms with Gasteiger partial charge in [-0.05, 0) is 19.3 Å². The molecule has 0 aromatic carbocycles. The summed E-state index contributed by atoms with van der Waals surface area (Å²) in [7, 11) is 0. The largest absolute Gasteiger partial charge is 0.383 e. The molecule has 4 heteroatoms. The molecule has 0 bridgehead atoms. The molecule has 1 N–H and O–H groups in total. The summed E-state index contributed by atoms with van der Waals surface area (Å²) in [5, 5.41) is 7.77. The molecule has 2 heterocycles. The minimum Gasteiger partial charge on any atom is -0.383 e. The first-order valence-corrected chi connectivity index (χ1v) is 8.66. The highest BCUT2D eigenvalue weighted by molar-refractivity contribution is 5.48. The standard InChI is InChI=1S/C17H29N3O/c1-2-3-4-5-6-7-8-9-13-20-17(21)14-16-15(19-20)11-10-12-18-16/h14,18H,2-13H2,1H3. The number of unbranched alkanes of at least 4 members (excludes halogenated alkanes) is 7. The van der Waals surface area contributed by atoms with Crippen molar-refractivity contribution in [3.05, 3.63) is 22.1 Å². The first-order valence-electron chi connectivity index (χ1n) is 8.66. The van der Waals surface area contributed by atoms with Gasteiger partial charge in [0.05, 0.1) is 11.4 Å². The third kappa shape index (κ3) is 5.18. The molecule has 0 unspecified atom stereocenters. The lowest BCUT2D eigenvalue weighted by molar-refractivity contribution is 0.497. The predicted octanol–water partition coefficient (Wildman–Crippen LogP) is 3.74. The molecule has 0 aliphatic carbocycles. The van der Waals surface area contributed by atoms with E-state index in [9.17, 15) is 4.79 Å². The highest BCUT2D eigenvalue weighted by Gasteiger charge is 2.12. The van der Waals surface area contributed by atoms with Crippen LogP contribution in [0, 0.1) is 0 Å². The van der Waals surface area contributed by atoms with E-state index in [0.717, 1.165) is 43.7 Å². The molecule has 118 valence electrons. The van der Waals surface area contributed by atoms with E-state index in [0.29, 0.717) is 0 Å². The summed E-state index contributed by atoms with van der Waals surface area (Å²) in [6.07, 6.45) is 12.4. The van der Waals surface area contributed by atoms with Crippen molar-refractivity contribution >= 4 is 5.69 Å². The Balaban J connectivity index is 1.70. The van der Waals surface area contributed by atoms with Crippen molar-refractivity contribution in [3.63, 3.8) is 0 Å². The van der Waals surface area contributed by atoms with Crippen LogP contribution < -0.4 is 10.9 Å². The summed E-state index contributed by atoms with van der Waals surface area (Å²) in [6, 6.07) is 1.71. The minimum absolute atomic E-state index is 0.0334. The lowest BCUT2D eigenvalue weighted by atomic mass is 10.1. The normalized spacial score (nSPS) is 13.8. The zero-order chi connectivity index (χ0) is 14.9. The maximum absolute atomic E-state index is 12.0. The van der Waals surface area contributed by atoms with Crippen LogP contribution in [0.2, 0.25) is 0 Å². The third-order valence-electron chi connectivity index (χ3n) is 4.20. The molecule has 1 aliphatic heterocycles. The fraction of sp³-hybridized carbons (Fsp3) is 0.765. The summed E-state index contributed by atoms with van der Waals surface area (Å²) in [5.41, 5.74) is 2.03. The fourth-order valence-electron chi connectivity index (χ4n) is 2.90. The van der Waals surface area contributed by atoms with Crippen molar-refractivity contribution in [1.29, 1.82) is 0 Å². The summed E-state index contributed by atoms with van der Waals surface area (Å²) in [5.74, 6) is 0. The van der Waals surface area contributed by atoms with E-state index in [4.69, 9.17) is 0 Å². The van der Waals surface area contributed by atoms with E-state index in [1.54, 1.807) is 10.7 Å². The van der Waals surface area contributed by atoms with Gasteiger partial charge < -0.3 is 5.32 Å². The summed E-state index contributed by atoms with van der Waals surface area (Å²) >= 11 is 0. The smallest absolute Gasteiger partial charge is 0.268 e. The van der Waals surface area contributed by atoms with Crippen molar-refractivity contribution in [2.24, 2.45) is 0 Å². The Kier molecular flexibility index (Phi) is 6.77. The monoisotopic (exact) mass is 291 g/mol. The highest BCUT2D eigenvalue weighted by Crippen LogP contribution is 2.16.